The van der Waals surface area contributed by atoms with Gasteiger partial charge in [-0.3, -0.25) is 9.59 Å². The van der Waals surface area contributed by atoms with E-state index in [0.717, 1.165) is 30.4 Å². The van der Waals surface area contributed by atoms with Gasteiger partial charge in [-0.1, -0.05) is 49.7 Å². The zero-order chi connectivity index (χ0) is 27.0. The van der Waals surface area contributed by atoms with Crippen molar-refractivity contribution in [1.82, 2.24) is 14.5 Å². The number of benzene rings is 2. The van der Waals surface area contributed by atoms with Gasteiger partial charge in [0.1, 0.15) is 6.04 Å². The van der Waals surface area contributed by atoms with Gasteiger partial charge in [0, 0.05) is 37.6 Å². The first kappa shape index (κ1) is 29.1. The molecule has 0 spiro atoms. The van der Waals surface area contributed by atoms with Gasteiger partial charge in [0.15, 0.2) is 0 Å². The highest BCUT2D eigenvalue weighted by Crippen LogP contribution is 2.22. The van der Waals surface area contributed by atoms with Crippen molar-refractivity contribution < 1.29 is 18.0 Å². The van der Waals surface area contributed by atoms with Crippen LogP contribution in [-0.4, -0.2) is 55.1 Å². The summed E-state index contributed by atoms with van der Waals surface area (Å²) in [5.41, 5.74) is 1.75. The van der Waals surface area contributed by atoms with Crippen molar-refractivity contribution in [2.45, 2.75) is 70.4 Å². The quantitative estimate of drug-likeness (QED) is 0.419. The van der Waals surface area contributed by atoms with Crippen LogP contribution in [0.2, 0.25) is 5.02 Å². The second-order valence-corrected chi connectivity index (χ2v) is 12.4. The van der Waals surface area contributed by atoms with Crippen molar-refractivity contribution in [1.29, 1.82) is 0 Å². The summed E-state index contributed by atoms with van der Waals surface area (Å²) in [6.07, 6.45) is 3.30. The van der Waals surface area contributed by atoms with Crippen LogP contribution in [0.4, 0.5) is 0 Å². The minimum Gasteiger partial charge on any atom is -0.354 e. The topological polar surface area (TPSA) is 86.8 Å². The van der Waals surface area contributed by atoms with Crippen molar-refractivity contribution in [2.24, 2.45) is 5.92 Å². The second kappa shape index (κ2) is 13.4. The molecule has 3 rings (SSSR count). The number of hydrogen-bond donors (Lipinski definition) is 1. The molecule has 0 saturated carbocycles. The lowest BCUT2D eigenvalue weighted by molar-refractivity contribution is -0.140. The maximum absolute atomic E-state index is 13.3. The van der Waals surface area contributed by atoms with Gasteiger partial charge in [-0.2, -0.15) is 4.31 Å². The Balaban J connectivity index is 1.67. The van der Waals surface area contributed by atoms with Crippen LogP contribution in [0.5, 0.6) is 0 Å². The van der Waals surface area contributed by atoms with Crippen LogP contribution < -0.4 is 5.32 Å². The maximum Gasteiger partial charge on any atom is 0.243 e. The van der Waals surface area contributed by atoms with Crippen molar-refractivity contribution >= 4 is 33.4 Å². The smallest absolute Gasteiger partial charge is 0.243 e. The molecule has 0 aliphatic carbocycles. The summed E-state index contributed by atoms with van der Waals surface area (Å²) >= 11 is 6.02. The Hall–Kier alpha value is -2.42. The molecule has 1 fully saturated rings. The molecular weight excluding hydrogens is 510 g/mol. The highest BCUT2D eigenvalue weighted by atomic mass is 35.5. The fraction of sp³-hybridized carbons (Fsp3) is 0.500. The molecule has 1 heterocycles. The van der Waals surface area contributed by atoms with Crippen molar-refractivity contribution in [3.8, 4) is 0 Å². The van der Waals surface area contributed by atoms with Crippen molar-refractivity contribution in [3.05, 3.63) is 64.7 Å². The van der Waals surface area contributed by atoms with E-state index in [2.05, 4.69) is 19.2 Å². The molecule has 1 aliphatic heterocycles. The minimum atomic E-state index is -3.47. The maximum atomic E-state index is 13.3. The minimum absolute atomic E-state index is 0.143. The van der Waals surface area contributed by atoms with Gasteiger partial charge in [-0.25, -0.2) is 8.42 Å². The third kappa shape index (κ3) is 8.28. The van der Waals surface area contributed by atoms with Crippen LogP contribution in [0.3, 0.4) is 0 Å². The van der Waals surface area contributed by atoms with Gasteiger partial charge in [-0.05, 0) is 73.9 Å². The number of nitrogens with one attached hydrogen (secondary N) is 1. The second-order valence-electron chi connectivity index (χ2n) is 10.1. The third-order valence-corrected chi connectivity index (χ3v) is 8.87. The number of halogens is 1. The molecule has 2 aromatic carbocycles. The van der Waals surface area contributed by atoms with Crippen molar-refractivity contribution in [2.75, 3.05) is 19.6 Å². The zero-order valence-corrected chi connectivity index (χ0v) is 23.5. The number of carbonyl (C=O) groups excluding carboxylic acids is 2. The average molecular weight is 548 g/mol. The molecule has 1 saturated heterocycles. The van der Waals surface area contributed by atoms with Gasteiger partial charge in [-0.15, -0.1) is 0 Å². The number of carbonyl (C=O) groups is 2. The molecule has 0 aromatic heterocycles. The van der Waals surface area contributed by atoms with E-state index >= 15 is 0 Å². The normalized spacial score (nSPS) is 15.1. The molecule has 1 atom stereocenters. The van der Waals surface area contributed by atoms with E-state index in [0.29, 0.717) is 43.5 Å². The van der Waals surface area contributed by atoms with E-state index in [1.165, 1.54) is 4.31 Å². The predicted molar refractivity (Wildman–Crippen MR) is 147 cm³/mol. The number of hydrogen-bond acceptors (Lipinski definition) is 4. The Morgan fingerprint density at radius 1 is 0.973 bits per heavy atom. The van der Waals surface area contributed by atoms with E-state index in [4.69, 9.17) is 11.6 Å². The molecule has 9 heteroatoms. The SMILES string of the molecule is CC(C)CCNC(=O)[C@H](C)N(Cc1ccc(Cl)cc1)C(=O)CCc1ccc(S(=O)(=O)N2CCCC2)cc1. The van der Waals surface area contributed by atoms with Crippen LogP contribution in [0.25, 0.3) is 0 Å². The first-order valence-electron chi connectivity index (χ1n) is 13.0. The molecule has 0 bridgehead atoms. The van der Waals surface area contributed by atoms with Gasteiger partial charge in [0.2, 0.25) is 21.8 Å². The van der Waals surface area contributed by atoms with Gasteiger partial charge >= 0.3 is 0 Å². The molecular formula is C28H38ClN3O4S. The first-order valence-corrected chi connectivity index (χ1v) is 14.8. The number of aryl methyl sites for hydroxylation is 1. The monoisotopic (exact) mass is 547 g/mol. The number of nitrogens with zero attached hydrogens (tertiary/aromatic N) is 2. The van der Waals surface area contributed by atoms with Crippen LogP contribution in [0.1, 0.15) is 57.6 Å². The summed E-state index contributed by atoms with van der Waals surface area (Å²) in [4.78, 5) is 28.1. The fourth-order valence-corrected chi connectivity index (χ4v) is 5.94. The highest BCUT2D eigenvalue weighted by Gasteiger charge is 2.28. The fourth-order valence-electron chi connectivity index (χ4n) is 4.30. The van der Waals surface area contributed by atoms with E-state index < -0.39 is 16.1 Å². The summed E-state index contributed by atoms with van der Waals surface area (Å²) < 4.78 is 27.1. The van der Waals surface area contributed by atoms with Gasteiger partial charge in [0.25, 0.3) is 0 Å². The number of amides is 2. The standard InChI is InChI=1S/C28H38ClN3O4S/c1-21(2)16-17-30-28(34)22(3)32(20-24-6-11-25(29)12-7-24)27(33)15-10-23-8-13-26(14-9-23)37(35,36)31-18-4-5-19-31/h6-9,11-14,21-22H,4-5,10,15-20H2,1-3H3,(H,30,34)/t22-/m0/s1. The lowest BCUT2D eigenvalue weighted by Gasteiger charge is -2.29. The zero-order valence-electron chi connectivity index (χ0n) is 22.0. The molecule has 2 aromatic rings. The van der Waals surface area contributed by atoms with Crippen LogP contribution in [0, 0.1) is 5.92 Å². The summed E-state index contributed by atoms with van der Waals surface area (Å²) in [7, 11) is -3.47. The lowest BCUT2D eigenvalue weighted by Crippen LogP contribution is -2.48. The Morgan fingerprint density at radius 3 is 2.16 bits per heavy atom. The summed E-state index contributed by atoms with van der Waals surface area (Å²) in [6.45, 7) is 7.92. The van der Waals surface area contributed by atoms with E-state index in [1.807, 2.05) is 12.1 Å². The summed E-state index contributed by atoms with van der Waals surface area (Å²) in [5.74, 6) is 0.147. The Labute approximate surface area is 226 Å². The molecule has 7 nitrogen and oxygen atoms in total. The molecule has 202 valence electrons. The van der Waals surface area contributed by atoms with Crippen LogP contribution in [0.15, 0.2) is 53.4 Å². The summed E-state index contributed by atoms with van der Waals surface area (Å²) in [5, 5.41) is 3.55. The van der Waals surface area contributed by atoms with E-state index in [9.17, 15) is 18.0 Å². The number of rotatable bonds is 12. The molecule has 1 N–H and O–H groups in total. The first-order chi connectivity index (χ1) is 17.6. The Kier molecular flexibility index (Phi) is 10.6. The molecule has 0 unspecified atom stereocenters. The van der Waals surface area contributed by atoms with Gasteiger partial charge in [0.05, 0.1) is 4.90 Å². The summed E-state index contributed by atoms with van der Waals surface area (Å²) in [6, 6.07) is 13.4. The van der Waals surface area contributed by atoms with E-state index in [-0.39, 0.29) is 23.1 Å². The highest BCUT2D eigenvalue weighted by molar-refractivity contribution is 7.89. The lowest BCUT2D eigenvalue weighted by atomic mass is 10.1. The number of sulfonamides is 1. The largest absolute Gasteiger partial charge is 0.354 e. The molecule has 2 amide bonds. The van der Waals surface area contributed by atoms with Crippen molar-refractivity contribution in [3.63, 3.8) is 0 Å². The average Bonchev–Trinajstić information content (AvgIpc) is 3.43. The third-order valence-electron chi connectivity index (χ3n) is 6.71. The predicted octanol–water partition coefficient (Wildman–Crippen LogP) is 4.64. The molecule has 1 aliphatic rings. The molecule has 0 radical (unpaired) electrons. The Morgan fingerprint density at radius 2 is 1.57 bits per heavy atom. The van der Waals surface area contributed by atoms with Gasteiger partial charge < -0.3 is 10.2 Å². The molecule has 37 heavy (non-hydrogen) atoms. The van der Waals surface area contributed by atoms with Crippen LogP contribution in [-0.2, 0) is 32.6 Å². The van der Waals surface area contributed by atoms with E-state index in [1.54, 1.807) is 48.2 Å². The van der Waals surface area contributed by atoms with Crippen LogP contribution >= 0.6 is 11.6 Å². The Bertz CT molecular complexity index is 1140.